The van der Waals surface area contributed by atoms with Gasteiger partial charge >= 0.3 is 0 Å². The molecule has 0 atom stereocenters. The largest absolute Gasteiger partial charge is 0.339 e. The van der Waals surface area contributed by atoms with Gasteiger partial charge < -0.3 is 10.2 Å². The van der Waals surface area contributed by atoms with Gasteiger partial charge in [-0.2, -0.15) is 4.31 Å². The van der Waals surface area contributed by atoms with E-state index in [0.29, 0.717) is 35.3 Å². The van der Waals surface area contributed by atoms with E-state index in [0.717, 1.165) is 74.9 Å². The molecule has 0 spiro atoms. The molecule has 1 fully saturated rings. The van der Waals surface area contributed by atoms with Crippen molar-refractivity contribution in [3.05, 3.63) is 45.8 Å². The van der Waals surface area contributed by atoms with Crippen molar-refractivity contribution in [3.8, 4) is 0 Å². The molecule has 2 amide bonds. The number of carbonyl (C=O) groups is 2. The van der Waals surface area contributed by atoms with Crippen LogP contribution in [0, 0.1) is 0 Å². The van der Waals surface area contributed by atoms with Crippen LogP contribution >= 0.6 is 11.3 Å². The fraction of sp³-hybridized carbons (Fsp3) is 0.613. The molecule has 1 aromatic heterocycles. The van der Waals surface area contributed by atoms with E-state index in [2.05, 4.69) is 37.9 Å². The maximum absolute atomic E-state index is 13.9. The van der Waals surface area contributed by atoms with Gasteiger partial charge in [-0.15, -0.1) is 11.3 Å². The van der Waals surface area contributed by atoms with Crippen molar-refractivity contribution in [1.29, 1.82) is 0 Å². The van der Waals surface area contributed by atoms with Crippen molar-refractivity contribution in [2.45, 2.75) is 103 Å². The highest BCUT2D eigenvalue weighted by Crippen LogP contribution is 2.39. The maximum Gasteiger partial charge on any atom is 0.257 e. The summed E-state index contributed by atoms with van der Waals surface area (Å²) in [6, 6.07) is 6.56. The summed E-state index contributed by atoms with van der Waals surface area (Å²) in [6.07, 6.45) is 7.51. The van der Waals surface area contributed by atoms with Gasteiger partial charge in [-0.1, -0.05) is 33.1 Å². The number of amides is 2. The lowest BCUT2D eigenvalue weighted by Crippen LogP contribution is -2.38. The van der Waals surface area contributed by atoms with Crippen LogP contribution in [0.2, 0.25) is 0 Å². The van der Waals surface area contributed by atoms with Crippen LogP contribution in [0.4, 0.5) is 5.00 Å². The van der Waals surface area contributed by atoms with E-state index < -0.39 is 10.0 Å². The molecule has 0 radical (unpaired) electrons. The Hall–Kier alpha value is -2.27. The number of nitrogens with zero attached hydrogens (tertiary/aromatic N) is 3. The number of fused-ring (bicyclic) bond motifs is 1. The van der Waals surface area contributed by atoms with E-state index in [-0.39, 0.29) is 22.8 Å². The summed E-state index contributed by atoms with van der Waals surface area (Å²) in [7, 11) is -1.99. The molecule has 2 aromatic rings. The van der Waals surface area contributed by atoms with Gasteiger partial charge in [-0.3, -0.25) is 14.5 Å². The van der Waals surface area contributed by atoms with Crippen LogP contribution in [0.3, 0.4) is 0 Å². The summed E-state index contributed by atoms with van der Waals surface area (Å²) in [4.78, 5) is 32.9. The summed E-state index contributed by atoms with van der Waals surface area (Å²) in [5, 5.41) is 3.62. The summed E-state index contributed by atoms with van der Waals surface area (Å²) < 4.78 is 28.0. The fourth-order valence-electron chi connectivity index (χ4n) is 5.95. The van der Waals surface area contributed by atoms with Crippen molar-refractivity contribution < 1.29 is 18.0 Å². The van der Waals surface area contributed by atoms with Gasteiger partial charge in [0, 0.05) is 55.8 Å². The number of nitrogens with one attached hydrogen (secondary N) is 1. The Labute approximate surface area is 250 Å². The standard InChI is InChI=1S/C31H46N4O4S2/c1-6-18-34(19-7-2)31(37)28-26-17-20-35(22(3)4)21-27(26)40-30(28)32-29(36)23-13-15-25(16-14-23)41(38,39)33(5)24-11-9-8-10-12-24/h13-16,22,24H,6-12,17-21H2,1-5H3,(H,32,36). The first-order valence-corrected chi connectivity index (χ1v) is 17.4. The predicted octanol–water partition coefficient (Wildman–Crippen LogP) is 5.98. The third-order valence-corrected chi connectivity index (χ3v) is 11.5. The summed E-state index contributed by atoms with van der Waals surface area (Å²) in [5.41, 5.74) is 2.03. The topological polar surface area (TPSA) is 90.0 Å². The Kier molecular flexibility index (Phi) is 10.7. The molecule has 4 rings (SSSR count). The summed E-state index contributed by atoms with van der Waals surface area (Å²) >= 11 is 1.49. The van der Waals surface area contributed by atoms with E-state index in [1.54, 1.807) is 19.2 Å². The third-order valence-electron chi connectivity index (χ3n) is 8.41. The Morgan fingerprint density at radius 3 is 2.27 bits per heavy atom. The van der Waals surface area contributed by atoms with Gasteiger partial charge in [0.25, 0.3) is 11.8 Å². The minimum absolute atomic E-state index is 0.0177. The van der Waals surface area contributed by atoms with E-state index in [1.807, 2.05) is 4.90 Å². The monoisotopic (exact) mass is 602 g/mol. The molecule has 0 saturated heterocycles. The minimum Gasteiger partial charge on any atom is -0.339 e. The van der Waals surface area contributed by atoms with E-state index >= 15 is 0 Å². The van der Waals surface area contributed by atoms with Crippen molar-refractivity contribution in [2.24, 2.45) is 0 Å². The highest BCUT2D eigenvalue weighted by atomic mass is 32.2. The molecular weight excluding hydrogens is 556 g/mol. The van der Waals surface area contributed by atoms with Crippen LogP contribution < -0.4 is 5.32 Å². The van der Waals surface area contributed by atoms with Crippen LogP contribution in [0.5, 0.6) is 0 Å². The van der Waals surface area contributed by atoms with Crippen molar-refractivity contribution in [3.63, 3.8) is 0 Å². The Morgan fingerprint density at radius 1 is 1.05 bits per heavy atom. The highest BCUT2D eigenvalue weighted by molar-refractivity contribution is 7.89. The molecule has 0 bridgehead atoms. The zero-order valence-corrected chi connectivity index (χ0v) is 26.9. The summed E-state index contributed by atoms with van der Waals surface area (Å²) in [5.74, 6) is -0.368. The molecular formula is C31H46N4O4S2. The molecule has 226 valence electrons. The van der Waals surface area contributed by atoms with Crippen molar-refractivity contribution in [1.82, 2.24) is 14.1 Å². The number of anilines is 1. The number of carbonyl (C=O) groups excluding carboxylic acids is 2. The zero-order chi connectivity index (χ0) is 29.7. The van der Waals surface area contributed by atoms with Crippen LogP contribution in [-0.4, -0.2) is 73.1 Å². The third kappa shape index (κ3) is 7.04. The molecule has 1 aromatic carbocycles. The molecule has 1 aliphatic heterocycles. The van der Waals surface area contributed by atoms with Crippen molar-refractivity contribution >= 4 is 38.2 Å². The van der Waals surface area contributed by atoms with Crippen molar-refractivity contribution in [2.75, 3.05) is 32.0 Å². The first-order chi connectivity index (χ1) is 19.6. The molecule has 0 unspecified atom stereocenters. The maximum atomic E-state index is 13.9. The lowest BCUT2D eigenvalue weighted by Gasteiger charge is -2.31. The fourth-order valence-corrected chi connectivity index (χ4v) is 8.63. The van der Waals surface area contributed by atoms with Gasteiger partial charge in [-0.25, -0.2) is 8.42 Å². The molecule has 1 saturated carbocycles. The van der Waals surface area contributed by atoms with Gasteiger partial charge in [0.2, 0.25) is 10.0 Å². The van der Waals surface area contributed by atoms with E-state index in [1.165, 1.54) is 27.8 Å². The normalized spacial score (nSPS) is 16.7. The zero-order valence-electron chi connectivity index (χ0n) is 25.2. The number of sulfonamides is 1. The predicted molar refractivity (Wildman–Crippen MR) is 166 cm³/mol. The average molecular weight is 603 g/mol. The lowest BCUT2D eigenvalue weighted by molar-refractivity contribution is 0.0755. The van der Waals surface area contributed by atoms with E-state index in [9.17, 15) is 18.0 Å². The number of hydrogen-bond acceptors (Lipinski definition) is 6. The van der Waals surface area contributed by atoms with E-state index in [4.69, 9.17) is 0 Å². The molecule has 1 N–H and O–H groups in total. The lowest BCUT2D eigenvalue weighted by atomic mass is 9.96. The first kappa shape index (κ1) is 31.7. The number of benzene rings is 1. The Morgan fingerprint density at radius 2 is 1.68 bits per heavy atom. The summed E-state index contributed by atoms with van der Waals surface area (Å²) in [6.45, 7) is 11.5. The van der Waals surface area contributed by atoms with Crippen LogP contribution in [0.1, 0.15) is 104 Å². The molecule has 10 heteroatoms. The molecule has 2 heterocycles. The quantitative estimate of drug-likeness (QED) is 0.342. The molecule has 2 aliphatic rings. The molecule has 8 nitrogen and oxygen atoms in total. The SMILES string of the molecule is CCCN(CCC)C(=O)c1c(NC(=O)c2ccc(S(=O)(=O)N(C)C3CCCCC3)cc2)sc2c1CCN(C(C)C)C2. The Bertz CT molecular complexity index is 1310. The van der Waals surface area contributed by atoms with Crippen LogP contribution in [-0.2, 0) is 23.0 Å². The second-order valence-corrected chi connectivity index (χ2v) is 14.7. The number of hydrogen-bond donors (Lipinski definition) is 1. The molecule has 1 aliphatic carbocycles. The molecule has 41 heavy (non-hydrogen) atoms. The second kappa shape index (κ2) is 13.8. The second-order valence-electron chi connectivity index (χ2n) is 11.6. The first-order valence-electron chi connectivity index (χ1n) is 15.2. The highest BCUT2D eigenvalue weighted by Gasteiger charge is 2.32. The number of thiophene rings is 1. The van der Waals surface area contributed by atoms with Crippen LogP contribution in [0.25, 0.3) is 0 Å². The number of rotatable bonds is 11. The van der Waals surface area contributed by atoms with Gasteiger partial charge in [0.15, 0.2) is 0 Å². The van der Waals surface area contributed by atoms with Gasteiger partial charge in [0.1, 0.15) is 5.00 Å². The van der Waals surface area contributed by atoms with Gasteiger partial charge in [-0.05, 0) is 75.8 Å². The average Bonchev–Trinajstić information content (AvgIpc) is 3.33. The van der Waals surface area contributed by atoms with Gasteiger partial charge in [0.05, 0.1) is 10.5 Å². The minimum atomic E-state index is -3.64. The van der Waals surface area contributed by atoms with Crippen LogP contribution in [0.15, 0.2) is 29.2 Å². The smallest absolute Gasteiger partial charge is 0.257 e. The Balaban J connectivity index is 1.59.